The second-order valence-electron chi connectivity index (χ2n) is 5.61. The molecule has 138 valence electrons. The summed E-state index contributed by atoms with van der Waals surface area (Å²) >= 11 is 1.11. The standard InChI is InChI=1S/C18H14FN3O4S/c19-11-3-7-12(8-4-11)20-15(23)9-14-16(24)22-18(27-14)21-13-5-1-10(2-6-13)17(25)26/h1-8,14H,9H2,(H,20,23)(H,25,26)(H,21,22,24)/p-1/t14-/m0/s1. The molecular weight excluding hydrogens is 373 g/mol. The first-order valence-corrected chi connectivity index (χ1v) is 8.72. The smallest absolute Gasteiger partial charge is 0.240 e. The Kier molecular flexibility index (Phi) is 5.51. The molecule has 27 heavy (non-hydrogen) atoms. The average Bonchev–Trinajstić information content (AvgIpc) is 2.96. The van der Waals surface area contributed by atoms with Crippen LogP contribution in [0.1, 0.15) is 16.8 Å². The predicted molar refractivity (Wildman–Crippen MR) is 97.0 cm³/mol. The number of amidine groups is 1. The Hall–Kier alpha value is -3.20. The van der Waals surface area contributed by atoms with Gasteiger partial charge < -0.3 is 20.5 Å². The first-order valence-electron chi connectivity index (χ1n) is 7.84. The highest BCUT2D eigenvalue weighted by Crippen LogP contribution is 2.25. The normalized spacial score (nSPS) is 17.6. The molecule has 2 N–H and O–H groups in total. The molecule has 7 nitrogen and oxygen atoms in total. The summed E-state index contributed by atoms with van der Waals surface area (Å²) < 4.78 is 12.9. The molecule has 1 aliphatic rings. The number of amides is 2. The maximum Gasteiger partial charge on any atom is 0.240 e. The van der Waals surface area contributed by atoms with E-state index < -0.39 is 17.0 Å². The van der Waals surface area contributed by atoms with E-state index in [0.717, 1.165) is 11.8 Å². The fourth-order valence-electron chi connectivity index (χ4n) is 2.30. The molecule has 0 aromatic heterocycles. The zero-order valence-corrected chi connectivity index (χ0v) is 14.6. The van der Waals surface area contributed by atoms with E-state index in [-0.39, 0.29) is 23.8 Å². The van der Waals surface area contributed by atoms with Gasteiger partial charge in [0, 0.05) is 12.1 Å². The van der Waals surface area contributed by atoms with E-state index in [2.05, 4.69) is 15.6 Å². The average molecular weight is 386 g/mol. The van der Waals surface area contributed by atoms with Gasteiger partial charge in [-0.2, -0.15) is 0 Å². The number of carboxylic acids is 1. The van der Waals surface area contributed by atoms with Gasteiger partial charge in [-0.1, -0.05) is 23.9 Å². The Bertz CT molecular complexity index is 913. The van der Waals surface area contributed by atoms with Gasteiger partial charge in [0.25, 0.3) is 0 Å². The predicted octanol–water partition coefficient (Wildman–Crippen LogP) is 1.44. The lowest BCUT2D eigenvalue weighted by molar-refractivity contribution is -0.255. The molecule has 0 aliphatic carbocycles. The molecule has 2 amide bonds. The van der Waals surface area contributed by atoms with Gasteiger partial charge in [-0.05, 0) is 42.0 Å². The summed E-state index contributed by atoms with van der Waals surface area (Å²) in [6.07, 6.45) is -0.0729. The molecule has 1 heterocycles. The number of aliphatic imine (C=N–C) groups is 1. The van der Waals surface area contributed by atoms with E-state index in [4.69, 9.17) is 0 Å². The highest BCUT2D eigenvalue weighted by molar-refractivity contribution is 8.15. The van der Waals surface area contributed by atoms with Crippen molar-refractivity contribution in [1.29, 1.82) is 0 Å². The number of hydrogen-bond donors (Lipinski definition) is 2. The fourth-order valence-corrected chi connectivity index (χ4v) is 3.28. The van der Waals surface area contributed by atoms with Crippen molar-refractivity contribution in [3.05, 3.63) is 59.9 Å². The molecule has 9 heteroatoms. The second kappa shape index (κ2) is 8.00. The summed E-state index contributed by atoms with van der Waals surface area (Å²) in [4.78, 5) is 39.0. The van der Waals surface area contributed by atoms with Crippen LogP contribution < -0.4 is 15.7 Å². The molecule has 0 spiro atoms. The molecule has 2 aromatic rings. The third-order valence-corrected chi connectivity index (χ3v) is 4.69. The van der Waals surface area contributed by atoms with Crippen LogP contribution in [-0.4, -0.2) is 28.2 Å². The van der Waals surface area contributed by atoms with Crippen molar-refractivity contribution < 1.29 is 23.9 Å². The minimum absolute atomic E-state index is 0.0254. The lowest BCUT2D eigenvalue weighted by Crippen LogP contribution is -2.28. The number of halogens is 1. The molecule has 1 aliphatic heterocycles. The van der Waals surface area contributed by atoms with Crippen LogP contribution in [0.25, 0.3) is 0 Å². The molecule has 1 atom stereocenters. The van der Waals surface area contributed by atoms with E-state index in [1.54, 1.807) is 0 Å². The third-order valence-electron chi connectivity index (χ3n) is 3.61. The van der Waals surface area contributed by atoms with Crippen LogP contribution in [-0.2, 0) is 9.59 Å². The topological polar surface area (TPSA) is 111 Å². The first-order chi connectivity index (χ1) is 12.9. The minimum atomic E-state index is -1.29. The van der Waals surface area contributed by atoms with Crippen LogP contribution >= 0.6 is 11.8 Å². The van der Waals surface area contributed by atoms with Crippen molar-refractivity contribution in [2.45, 2.75) is 11.7 Å². The summed E-state index contributed by atoms with van der Waals surface area (Å²) in [6.45, 7) is 0. The van der Waals surface area contributed by atoms with Crippen LogP contribution in [0.2, 0.25) is 0 Å². The van der Waals surface area contributed by atoms with Crippen LogP contribution in [0, 0.1) is 5.82 Å². The second-order valence-corrected chi connectivity index (χ2v) is 6.80. The maximum atomic E-state index is 12.9. The minimum Gasteiger partial charge on any atom is -0.545 e. The Morgan fingerprint density at radius 2 is 1.81 bits per heavy atom. The van der Waals surface area contributed by atoms with E-state index >= 15 is 0 Å². The SMILES string of the molecule is O=C(C[C@@H]1SC(=Nc2ccc(C(=O)[O-])cc2)NC1=O)Nc1ccc(F)cc1. The summed E-state index contributed by atoms with van der Waals surface area (Å²) in [5.41, 5.74) is 0.920. The van der Waals surface area contributed by atoms with Crippen LogP contribution in [0.5, 0.6) is 0 Å². The fraction of sp³-hybridized carbons (Fsp3) is 0.111. The largest absolute Gasteiger partial charge is 0.545 e. The summed E-state index contributed by atoms with van der Waals surface area (Å²) in [5.74, 6) is -2.43. The molecule has 1 fully saturated rings. The van der Waals surface area contributed by atoms with Crippen molar-refractivity contribution in [1.82, 2.24) is 5.32 Å². The number of carbonyl (C=O) groups is 3. The van der Waals surface area contributed by atoms with Gasteiger partial charge >= 0.3 is 0 Å². The number of carboxylic acid groups (broad SMARTS) is 1. The van der Waals surface area contributed by atoms with Crippen LogP contribution in [0.4, 0.5) is 15.8 Å². The molecule has 2 aromatic carbocycles. The van der Waals surface area contributed by atoms with Gasteiger partial charge in [-0.25, -0.2) is 9.38 Å². The molecule has 1 saturated heterocycles. The van der Waals surface area contributed by atoms with Crippen LogP contribution in [0.15, 0.2) is 53.5 Å². The summed E-state index contributed by atoms with van der Waals surface area (Å²) in [5, 5.41) is 15.6. The summed E-state index contributed by atoms with van der Waals surface area (Å²) in [6, 6.07) is 11.0. The Labute approximate surface area is 157 Å². The molecule has 0 saturated carbocycles. The van der Waals surface area contributed by atoms with E-state index in [1.165, 1.54) is 48.5 Å². The number of anilines is 1. The van der Waals surface area contributed by atoms with Gasteiger partial charge in [0.15, 0.2) is 5.17 Å². The highest BCUT2D eigenvalue weighted by atomic mass is 32.2. The monoisotopic (exact) mass is 386 g/mol. The molecule has 0 radical (unpaired) electrons. The van der Waals surface area contributed by atoms with Crippen molar-refractivity contribution in [3.8, 4) is 0 Å². The van der Waals surface area contributed by atoms with Crippen molar-refractivity contribution >= 4 is 46.1 Å². The van der Waals surface area contributed by atoms with Crippen molar-refractivity contribution in [3.63, 3.8) is 0 Å². The number of benzene rings is 2. The quantitative estimate of drug-likeness (QED) is 0.808. The molecule has 3 rings (SSSR count). The number of rotatable bonds is 5. The van der Waals surface area contributed by atoms with Gasteiger partial charge in [-0.15, -0.1) is 0 Å². The number of carbonyl (C=O) groups excluding carboxylic acids is 3. The maximum absolute atomic E-state index is 12.9. The number of nitrogens with one attached hydrogen (secondary N) is 2. The Balaban J connectivity index is 1.60. The third kappa shape index (κ3) is 4.91. The Morgan fingerprint density at radius 1 is 1.15 bits per heavy atom. The lowest BCUT2D eigenvalue weighted by Gasteiger charge is -2.07. The molecule has 0 bridgehead atoms. The van der Waals surface area contributed by atoms with Crippen LogP contribution in [0.3, 0.4) is 0 Å². The first kappa shape index (κ1) is 18.6. The zero-order valence-electron chi connectivity index (χ0n) is 13.8. The number of nitrogens with zero attached hydrogens (tertiary/aromatic N) is 1. The number of hydrogen-bond acceptors (Lipinski definition) is 6. The van der Waals surface area contributed by atoms with Gasteiger partial charge in [0.1, 0.15) is 11.1 Å². The molecule has 0 unspecified atom stereocenters. The highest BCUT2D eigenvalue weighted by Gasteiger charge is 2.32. The summed E-state index contributed by atoms with van der Waals surface area (Å²) in [7, 11) is 0. The number of thioether (sulfide) groups is 1. The van der Waals surface area contributed by atoms with E-state index in [0.29, 0.717) is 16.5 Å². The van der Waals surface area contributed by atoms with Gasteiger partial charge in [0.2, 0.25) is 11.8 Å². The zero-order chi connectivity index (χ0) is 19.4. The van der Waals surface area contributed by atoms with Crippen molar-refractivity contribution in [2.75, 3.05) is 5.32 Å². The molecular formula is C18H13FN3O4S-. The van der Waals surface area contributed by atoms with Gasteiger partial charge in [0.05, 0.1) is 11.7 Å². The van der Waals surface area contributed by atoms with Crippen molar-refractivity contribution in [2.24, 2.45) is 4.99 Å². The lowest BCUT2D eigenvalue weighted by atomic mass is 10.2. The van der Waals surface area contributed by atoms with E-state index in [1.807, 2.05) is 0 Å². The van der Waals surface area contributed by atoms with E-state index in [9.17, 15) is 23.9 Å². The number of aromatic carboxylic acids is 1. The Morgan fingerprint density at radius 3 is 2.44 bits per heavy atom. The van der Waals surface area contributed by atoms with Gasteiger partial charge in [-0.3, -0.25) is 9.59 Å².